The summed E-state index contributed by atoms with van der Waals surface area (Å²) in [5.74, 6) is 0.0249. The minimum absolute atomic E-state index is 0.00302. The number of rotatable bonds is 6. The third-order valence-corrected chi connectivity index (χ3v) is 3.48. The Balaban J connectivity index is 1.61. The van der Waals surface area contributed by atoms with E-state index in [4.69, 9.17) is 4.74 Å². The molecule has 2 amide bonds. The van der Waals surface area contributed by atoms with E-state index in [1.54, 1.807) is 42.5 Å². The van der Waals surface area contributed by atoms with Crippen LogP contribution in [0.3, 0.4) is 0 Å². The van der Waals surface area contributed by atoms with Crippen molar-refractivity contribution in [3.8, 4) is 5.75 Å². The standard InChI is InChI=1S/C17H16N6O3/c1-26-15-5-3-2-4-14(15)20-17(25)12-6-8-13(9-7-12)19-16(24)10-23-11-18-21-22-23/h2-9,11H,10H2,1H3,(H,19,24)(H,20,25). The third kappa shape index (κ3) is 4.20. The van der Waals surface area contributed by atoms with E-state index >= 15 is 0 Å². The van der Waals surface area contributed by atoms with Crippen LogP contribution in [0.4, 0.5) is 11.4 Å². The van der Waals surface area contributed by atoms with Gasteiger partial charge in [0.1, 0.15) is 18.6 Å². The molecule has 0 radical (unpaired) electrons. The lowest BCUT2D eigenvalue weighted by Gasteiger charge is -2.10. The third-order valence-electron chi connectivity index (χ3n) is 3.48. The molecule has 0 spiro atoms. The van der Waals surface area contributed by atoms with Gasteiger partial charge >= 0.3 is 0 Å². The molecule has 3 aromatic rings. The Labute approximate surface area is 149 Å². The number of tetrazole rings is 1. The highest BCUT2D eigenvalue weighted by atomic mass is 16.5. The molecule has 0 fully saturated rings. The average Bonchev–Trinajstić information content (AvgIpc) is 3.15. The highest BCUT2D eigenvalue weighted by Gasteiger charge is 2.10. The van der Waals surface area contributed by atoms with Crippen molar-refractivity contribution in [3.05, 3.63) is 60.4 Å². The number of para-hydroxylation sites is 2. The Morgan fingerprint density at radius 1 is 1.08 bits per heavy atom. The van der Waals surface area contributed by atoms with Crippen LogP contribution in [0.5, 0.6) is 5.75 Å². The molecule has 0 aliphatic carbocycles. The van der Waals surface area contributed by atoms with Gasteiger partial charge in [0, 0.05) is 11.3 Å². The maximum absolute atomic E-state index is 12.3. The van der Waals surface area contributed by atoms with Gasteiger partial charge in [-0.3, -0.25) is 9.59 Å². The number of carbonyl (C=O) groups is 2. The van der Waals surface area contributed by atoms with E-state index in [0.717, 1.165) is 0 Å². The van der Waals surface area contributed by atoms with Gasteiger partial charge in [-0.05, 0) is 46.8 Å². The topological polar surface area (TPSA) is 111 Å². The molecular formula is C17H16N6O3. The first-order valence-corrected chi connectivity index (χ1v) is 7.71. The van der Waals surface area contributed by atoms with Gasteiger partial charge in [-0.2, -0.15) is 0 Å². The van der Waals surface area contributed by atoms with Crippen molar-refractivity contribution >= 4 is 23.2 Å². The fraction of sp³-hybridized carbons (Fsp3) is 0.118. The zero-order valence-corrected chi connectivity index (χ0v) is 13.9. The summed E-state index contributed by atoms with van der Waals surface area (Å²) < 4.78 is 6.52. The summed E-state index contributed by atoms with van der Waals surface area (Å²) in [6.07, 6.45) is 1.35. The summed E-state index contributed by atoms with van der Waals surface area (Å²) in [4.78, 5) is 24.2. The quantitative estimate of drug-likeness (QED) is 0.697. The van der Waals surface area contributed by atoms with Gasteiger partial charge < -0.3 is 15.4 Å². The molecule has 0 aliphatic rings. The largest absolute Gasteiger partial charge is 0.495 e. The number of hydrogen-bond donors (Lipinski definition) is 2. The number of nitrogens with one attached hydrogen (secondary N) is 2. The number of nitrogens with zero attached hydrogens (tertiary/aromatic N) is 4. The fourth-order valence-electron chi connectivity index (χ4n) is 2.25. The van der Waals surface area contributed by atoms with Crippen LogP contribution in [-0.2, 0) is 11.3 Å². The molecule has 0 atom stereocenters. The predicted molar refractivity (Wildman–Crippen MR) is 93.8 cm³/mol. The second kappa shape index (κ2) is 7.88. The summed E-state index contributed by atoms with van der Waals surface area (Å²) in [6, 6.07) is 13.7. The second-order valence-corrected chi connectivity index (χ2v) is 5.29. The van der Waals surface area contributed by atoms with Gasteiger partial charge in [0.2, 0.25) is 5.91 Å². The van der Waals surface area contributed by atoms with Gasteiger partial charge in [0.15, 0.2) is 0 Å². The molecule has 2 aromatic carbocycles. The lowest BCUT2D eigenvalue weighted by Crippen LogP contribution is -2.19. The van der Waals surface area contributed by atoms with E-state index < -0.39 is 0 Å². The van der Waals surface area contributed by atoms with Crippen LogP contribution in [0.25, 0.3) is 0 Å². The summed E-state index contributed by atoms with van der Waals surface area (Å²) >= 11 is 0. The highest BCUT2D eigenvalue weighted by Crippen LogP contribution is 2.23. The summed E-state index contributed by atoms with van der Waals surface area (Å²) in [6.45, 7) is 0.00302. The maximum Gasteiger partial charge on any atom is 0.255 e. The van der Waals surface area contributed by atoms with E-state index in [2.05, 4.69) is 26.2 Å². The van der Waals surface area contributed by atoms with Crippen LogP contribution in [0, 0.1) is 0 Å². The van der Waals surface area contributed by atoms with Crippen LogP contribution in [-0.4, -0.2) is 39.1 Å². The molecular weight excluding hydrogens is 336 g/mol. The number of amides is 2. The second-order valence-electron chi connectivity index (χ2n) is 5.29. The van der Waals surface area contributed by atoms with E-state index in [1.807, 2.05) is 6.07 Å². The summed E-state index contributed by atoms with van der Waals surface area (Å²) in [7, 11) is 1.54. The molecule has 9 heteroatoms. The Hall–Kier alpha value is -3.75. The lowest BCUT2D eigenvalue weighted by atomic mass is 10.2. The average molecular weight is 352 g/mol. The normalized spacial score (nSPS) is 10.2. The molecule has 0 unspecified atom stereocenters. The molecule has 3 rings (SSSR count). The molecule has 132 valence electrons. The van der Waals surface area contributed by atoms with Crippen LogP contribution < -0.4 is 15.4 Å². The zero-order valence-electron chi connectivity index (χ0n) is 13.9. The fourth-order valence-corrected chi connectivity index (χ4v) is 2.25. The van der Waals surface area contributed by atoms with Crippen molar-refractivity contribution in [2.24, 2.45) is 0 Å². The van der Waals surface area contributed by atoms with E-state index in [0.29, 0.717) is 22.7 Å². The lowest BCUT2D eigenvalue weighted by molar-refractivity contribution is -0.116. The number of hydrogen-bond acceptors (Lipinski definition) is 6. The first kappa shape index (κ1) is 17.1. The number of aromatic nitrogens is 4. The minimum Gasteiger partial charge on any atom is -0.495 e. The molecule has 1 aromatic heterocycles. The van der Waals surface area contributed by atoms with Crippen molar-refractivity contribution < 1.29 is 14.3 Å². The first-order valence-electron chi connectivity index (χ1n) is 7.71. The number of anilines is 2. The van der Waals surface area contributed by atoms with Crippen molar-refractivity contribution in [1.29, 1.82) is 0 Å². The Morgan fingerprint density at radius 3 is 2.54 bits per heavy atom. The van der Waals surface area contributed by atoms with Crippen LogP contribution in [0.1, 0.15) is 10.4 Å². The molecule has 0 saturated heterocycles. The maximum atomic E-state index is 12.3. The van der Waals surface area contributed by atoms with Gasteiger partial charge in [0.25, 0.3) is 5.91 Å². The Morgan fingerprint density at radius 2 is 1.85 bits per heavy atom. The monoisotopic (exact) mass is 352 g/mol. The molecule has 0 saturated carbocycles. The van der Waals surface area contributed by atoms with Crippen LogP contribution in [0.15, 0.2) is 54.9 Å². The predicted octanol–water partition coefficient (Wildman–Crippen LogP) is 1.57. The summed E-state index contributed by atoms with van der Waals surface area (Å²) in [5, 5.41) is 16.0. The number of carbonyl (C=O) groups excluding carboxylic acids is 2. The highest BCUT2D eigenvalue weighted by molar-refractivity contribution is 6.05. The van der Waals surface area contributed by atoms with E-state index in [1.165, 1.54) is 18.1 Å². The molecule has 0 aliphatic heterocycles. The number of benzene rings is 2. The molecule has 9 nitrogen and oxygen atoms in total. The SMILES string of the molecule is COc1ccccc1NC(=O)c1ccc(NC(=O)Cn2cnnn2)cc1. The molecule has 1 heterocycles. The zero-order chi connectivity index (χ0) is 18.4. The summed E-state index contributed by atoms with van der Waals surface area (Å²) in [5.41, 5.74) is 1.60. The molecule has 2 N–H and O–H groups in total. The number of methoxy groups -OCH3 is 1. The van der Waals surface area contributed by atoms with E-state index in [9.17, 15) is 9.59 Å². The minimum atomic E-state index is -0.277. The number of ether oxygens (including phenoxy) is 1. The van der Waals surface area contributed by atoms with Crippen molar-refractivity contribution in [2.45, 2.75) is 6.54 Å². The Kier molecular flexibility index (Phi) is 5.18. The van der Waals surface area contributed by atoms with E-state index in [-0.39, 0.29) is 18.4 Å². The van der Waals surface area contributed by atoms with Crippen molar-refractivity contribution in [3.63, 3.8) is 0 Å². The molecule has 26 heavy (non-hydrogen) atoms. The van der Waals surface area contributed by atoms with Gasteiger partial charge in [-0.15, -0.1) is 5.10 Å². The van der Waals surface area contributed by atoms with Crippen LogP contribution in [0.2, 0.25) is 0 Å². The Bertz CT molecular complexity index is 893. The van der Waals surface area contributed by atoms with Crippen molar-refractivity contribution in [1.82, 2.24) is 20.2 Å². The van der Waals surface area contributed by atoms with Gasteiger partial charge in [-0.25, -0.2) is 4.68 Å². The van der Waals surface area contributed by atoms with Gasteiger partial charge in [-0.1, -0.05) is 12.1 Å². The van der Waals surface area contributed by atoms with Crippen LogP contribution >= 0.6 is 0 Å². The molecule has 0 bridgehead atoms. The smallest absolute Gasteiger partial charge is 0.255 e. The first-order chi connectivity index (χ1) is 12.7. The van der Waals surface area contributed by atoms with Gasteiger partial charge in [0.05, 0.1) is 12.8 Å². The van der Waals surface area contributed by atoms with Crippen molar-refractivity contribution in [2.75, 3.05) is 17.7 Å².